The number of hydrogen-bond donors (Lipinski definition) is 2. The molecule has 1 aromatic heterocycles. The van der Waals surface area contributed by atoms with Crippen LogP contribution in [0.15, 0.2) is 18.3 Å². The Labute approximate surface area is 119 Å². The van der Waals surface area contributed by atoms with E-state index in [9.17, 15) is 8.42 Å². The van der Waals surface area contributed by atoms with Gasteiger partial charge in [0.05, 0.1) is 5.25 Å². The summed E-state index contributed by atoms with van der Waals surface area (Å²) in [5.41, 5.74) is 7.21. The van der Waals surface area contributed by atoms with Crippen molar-refractivity contribution in [2.45, 2.75) is 42.9 Å². The lowest BCUT2D eigenvalue weighted by molar-refractivity contribution is 0.411. The molecule has 3 aliphatic carbocycles. The predicted molar refractivity (Wildman–Crippen MR) is 76.5 cm³/mol. The topological polar surface area (TPSA) is 85.1 Å². The standard InChI is InChI=1S/C14H19N3O2S/c15-14(7-9-5-10(9)8-14)11-3-4-16-13(6-11)17-20(18,19)12-1-2-12/h3-4,6,9-10,12H,1-2,5,7-8,15H2,(H,16,17). The van der Waals surface area contributed by atoms with E-state index in [0.29, 0.717) is 5.82 Å². The molecule has 0 saturated heterocycles. The lowest BCUT2D eigenvalue weighted by atomic mass is 9.87. The summed E-state index contributed by atoms with van der Waals surface area (Å²) in [6.07, 6.45) is 6.48. The molecular formula is C14H19N3O2S. The van der Waals surface area contributed by atoms with Gasteiger partial charge in [-0.15, -0.1) is 0 Å². The van der Waals surface area contributed by atoms with Gasteiger partial charge in [-0.3, -0.25) is 4.72 Å². The van der Waals surface area contributed by atoms with Crippen molar-refractivity contribution >= 4 is 15.8 Å². The lowest BCUT2D eigenvalue weighted by Crippen LogP contribution is -2.35. The molecule has 20 heavy (non-hydrogen) atoms. The molecule has 2 unspecified atom stereocenters. The second-order valence-electron chi connectivity index (χ2n) is 6.60. The van der Waals surface area contributed by atoms with Crippen molar-refractivity contribution in [3.63, 3.8) is 0 Å². The molecule has 4 rings (SSSR count). The molecule has 3 fully saturated rings. The number of aromatic nitrogens is 1. The third-order valence-electron chi connectivity index (χ3n) is 4.87. The maximum absolute atomic E-state index is 12.0. The largest absolute Gasteiger partial charge is 0.321 e. The number of pyridine rings is 1. The van der Waals surface area contributed by atoms with E-state index >= 15 is 0 Å². The maximum Gasteiger partial charge on any atom is 0.236 e. The van der Waals surface area contributed by atoms with Crippen molar-refractivity contribution in [2.24, 2.45) is 17.6 Å². The van der Waals surface area contributed by atoms with E-state index < -0.39 is 10.0 Å². The molecule has 0 bridgehead atoms. The minimum atomic E-state index is -3.26. The summed E-state index contributed by atoms with van der Waals surface area (Å²) in [7, 11) is -3.26. The number of fused-ring (bicyclic) bond motifs is 1. The number of nitrogens with one attached hydrogen (secondary N) is 1. The average molecular weight is 293 g/mol. The van der Waals surface area contributed by atoms with Gasteiger partial charge in [-0.05, 0) is 61.6 Å². The molecule has 5 nitrogen and oxygen atoms in total. The Morgan fingerprint density at radius 3 is 2.65 bits per heavy atom. The first-order valence-corrected chi connectivity index (χ1v) is 8.78. The van der Waals surface area contributed by atoms with Gasteiger partial charge < -0.3 is 5.73 Å². The number of nitrogens with two attached hydrogens (primary N) is 1. The molecule has 3 N–H and O–H groups in total. The summed E-state index contributed by atoms with van der Waals surface area (Å²) in [5.74, 6) is 1.96. The molecule has 0 aromatic carbocycles. The normalized spacial score (nSPS) is 35.6. The fourth-order valence-corrected chi connectivity index (χ4v) is 4.80. The molecule has 0 aliphatic heterocycles. The quantitative estimate of drug-likeness (QED) is 0.882. The Morgan fingerprint density at radius 1 is 1.30 bits per heavy atom. The Hall–Kier alpha value is -1.14. The molecule has 0 radical (unpaired) electrons. The average Bonchev–Trinajstić information content (AvgIpc) is 3.28. The van der Waals surface area contributed by atoms with Crippen LogP contribution in [0.5, 0.6) is 0 Å². The summed E-state index contributed by atoms with van der Waals surface area (Å²) in [6.45, 7) is 0. The highest BCUT2D eigenvalue weighted by molar-refractivity contribution is 7.93. The van der Waals surface area contributed by atoms with Crippen LogP contribution in [0, 0.1) is 11.8 Å². The molecule has 3 saturated carbocycles. The van der Waals surface area contributed by atoms with Gasteiger partial charge >= 0.3 is 0 Å². The summed E-state index contributed by atoms with van der Waals surface area (Å²) in [4.78, 5) is 4.12. The van der Waals surface area contributed by atoms with Crippen LogP contribution in [-0.4, -0.2) is 18.7 Å². The minimum absolute atomic E-state index is 0.237. The second-order valence-corrected chi connectivity index (χ2v) is 8.56. The molecule has 108 valence electrons. The summed E-state index contributed by atoms with van der Waals surface area (Å²) in [5, 5.41) is -0.237. The van der Waals surface area contributed by atoms with Gasteiger partial charge in [0.15, 0.2) is 0 Å². The Bertz CT molecular complexity index is 644. The monoisotopic (exact) mass is 293 g/mol. The van der Waals surface area contributed by atoms with Crippen molar-refractivity contribution in [3.05, 3.63) is 23.9 Å². The van der Waals surface area contributed by atoms with Crippen LogP contribution in [0.2, 0.25) is 0 Å². The maximum atomic E-state index is 12.0. The van der Waals surface area contributed by atoms with Gasteiger partial charge in [0, 0.05) is 11.7 Å². The van der Waals surface area contributed by atoms with Crippen molar-refractivity contribution in [1.29, 1.82) is 0 Å². The first-order chi connectivity index (χ1) is 9.46. The van der Waals surface area contributed by atoms with Gasteiger partial charge in [-0.2, -0.15) is 0 Å². The van der Waals surface area contributed by atoms with E-state index in [-0.39, 0.29) is 10.8 Å². The predicted octanol–water partition coefficient (Wildman–Crippen LogP) is 1.57. The van der Waals surface area contributed by atoms with Gasteiger partial charge in [0.1, 0.15) is 5.82 Å². The minimum Gasteiger partial charge on any atom is -0.321 e. The van der Waals surface area contributed by atoms with Crippen LogP contribution in [0.1, 0.15) is 37.7 Å². The molecule has 1 heterocycles. The fourth-order valence-electron chi connectivity index (χ4n) is 3.47. The van der Waals surface area contributed by atoms with E-state index in [0.717, 1.165) is 43.1 Å². The molecular weight excluding hydrogens is 274 g/mol. The second kappa shape index (κ2) is 3.95. The number of nitrogens with zero attached hydrogens (tertiary/aromatic N) is 1. The van der Waals surface area contributed by atoms with Crippen LogP contribution >= 0.6 is 0 Å². The third-order valence-corrected chi connectivity index (χ3v) is 6.71. The smallest absolute Gasteiger partial charge is 0.236 e. The molecule has 0 spiro atoms. The first-order valence-electron chi connectivity index (χ1n) is 7.23. The Balaban J connectivity index is 1.58. The molecule has 1 aromatic rings. The van der Waals surface area contributed by atoms with Gasteiger partial charge in [0.25, 0.3) is 0 Å². The summed E-state index contributed by atoms with van der Waals surface area (Å²) >= 11 is 0. The van der Waals surface area contributed by atoms with Crippen LogP contribution in [0.25, 0.3) is 0 Å². The van der Waals surface area contributed by atoms with E-state index in [1.54, 1.807) is 6.20 Å². The highest BCUT2D eigenvalue weighted by Crippen LogP contribution is 2.58. The van der Waals surface area contributed by atoms with E-state index in [2.05, 4.69) is 9.71 Å². The zero-order chi connectivity index (χ0) is 14.0. The van der Waals surface area contributed by atoms with Crippen molar-refractivity contribution < 1.29 is 8.42 Å². The zero-order valence-corrected chi connectivity index (χ0v) is 12.1. The van der Waals surface area contributed by atoms with E-state index in [1.807, 2.05) is 12.1 Å². The van der Waals surface area contributed by atoms with Gasteiger partial charge in [0.2, 0.25) is 10.0 Å². The Morgan fingerprint density at radius 2 is 2.00 bits per heavy atom. The highest BCUT2D eigenvalue weighted by Gasteiger charge is 2.52. The molecule has 6 heteroatoms. The lowest BCUT2D eigenvalue weighted by Gasteiger charge is -2.26. The Kier molecular flexibility index (Phi) is 2.49. The van der Waals surface area contributed by atoms with Gasteiger partial charge in [-0.1, -0.05) is 0 Å². The number of hydrogen-bond acceptors (Lipinski definition) is 4. The van der Waals surface area contributed by atoms with Gasteiger partial charge in [-0.25, -0.2) is 13.4 Å². The SMILES string of the molecule is NC1(c2ccnc(NS(=O)(=O)C3CC3)c2)CC2CC2C1. The number of rotatable bonds is 4. The first kappa shape index (κ1) is 12.6. The fraction of sp³-hybridized carbons (Fsp3) is 0.643. The van der Waals surface area contributed by atoms with Crippen molar-refractivity contribution in [3.8, 4) is 0 Å². The van der Waals surface area contributed by atoms with Crippen LogP contribution in [0.3, 0.4) is 0 Å². The van der Waals surface area contributed by atoms with Crippen molar-refractivity contribution in [2.75, 3.05) is 4.72 Å². The van der Waals surface area contributed by atoms with E-state index in [1.165, 1.54) is 6.42 Å². The molecule has 2 atom stereocenters. The van der Waals surface area contributed by atoms with E-state index in [4.69, 9.17) is 5.73 Å². The number of anilines is 1. The highest BCUT2D eigenvalue weighted by atomic mass is 32.2. The zero-order valence-electron chi connectivity index (χ0n) is 11.2. The molecule has 0 amide bonds. The molecule has 3 aliphatic rings. The van der Waals surface area contributed by atoms with Crippen LogP contribution in [-0.2, 0) is 15.6 Å². The van der Waals surface area contributed by atoms with Crippen LogP contribution in [0.4, 0.5) is 5.82 Å². The third kappa shape index (κ3) is 2.11. The number of sulfonamides is 1. The summed E-state index contributed by atoms with van der Waals surface area (Å²) < 4.78 is 26.5. The van der Waals surface area contributed by atoms with Crippen molar-refractivity contribution in [1.82, 2.24) is 4.98 Å². The summed E-state index contributed by atoms with van der Waals surface area (Å²) in [6, 6.07) is 3.73. The van der Waals surface area contributed by atoms with Crippen LogP contribution < -0.4 is 10.5 Å².